The topological polar surface area (TPSA) is 0 Å². The first-order valence-corrected chi connectivity index (χ1v) is 20.7. The van der Waals surface area contributed by atoms with E-state index < -0.39 is 0 Å². The molecule has 0 fully saturated rings. The van der Waals surface area contributed by atoms with E-state index in [4.69, 9.17) is 12.6 Å². The van der Waals surface area contributed by atoms with Crippen LogP contribution in [0.2, 0.25) is 0 Å². The zero-order valence-corrected chi connectivity index (χ0v) is 33.0. The van der Waals surface area contributed by atoms with Gasteiger partial charge < -0.3 is 0 Å². The molecule has 0 aliphatic carbocycles. The normalized spacial score (nSPS) is 11.7. The van der Waals surface area contributed by atoms with Gasteiger partial charge in [-0.2, -0.15) is 0 Å². The molecule has 0 amide bonds. The van der Waals surface area contributed by atoms with Crippen molar-refractivity contribution in [3.63, 3.8) is 0 Å². The Balaban J connectivity index is 1.02. The van der Waals surface area contributed by atoms with Gasteiger partial charge in [0.1, 0.15) is 0 Å². The highest BCUT2D eigenvalue weighted by Crippen LogP contribution is 2.46. The molecule has 57 heavy (non-hydrogen) atoms. The van der Waals surface area contributed by atoms with Gasteiger partial charge in [0.2, 0.25) is 0 Å². The summed E-state index contributed by atoms with van der Waals surface area (Å²) in [5, 5.41) is 10.4. The molecule has 0 N–H and O–H groups in total. The molecule has 0 atom stereocenters. The van der Waals surface area contributed by atoms with E-state index in [2.05, 4.69) is 201 Å². The number of thiol groups is 1. The van der Waals surface area contributed by atoms with Gasteiger partial charge in [-0.05, 0) is 113 Å². The number of benzene rings is 10. The molecule has 0 bridgehead atoms. The van der Waals surface area contributed by atoms with Crippen LogP contribution in [0.15, 0.2) is 199 Å². The minimum Gasteiger partial charge on any atom is -0.142 e. The van der Waals surface area contributed by atoms with E-state index in [-0.39, 0.29) is 0 Å². The van der Waals surface area contributed by atoms with Crippen molar-refractivity contribution < 1.29 is 0 Å². The zero-order valence-electron chi connectivity index (χ0n) is 31.3. The molecule has 268 valence electrons. The van der Waals surface area contributed by atoms with Crippen LogP contribution < -0.4 is 0 Å². The van der Waals surface area contributed by atoms with Crippen molar-refractivity contribution >= 4 is 76.5 Å². The van der Waals surface area contributed by atoms with Crippen molar-refractivity contribution in [3.05, 3.63) is 200 Å². The van der Waals surface area contributed by atoms with Crippen LogP contribution in [0.3, 0.4) is 0 Å². The van der Waals surface area contributed by atoms with Crippen LogP contribution in [0.1, 0.15) is 5.56 Å². The molecule has 0 unspecified atom stereocenters. The third kappa shape index (κ3) is 5.51. The Kier molecular flexibility index (Phi) is 8.10. The molecule has 1 heterocycles. The van der Waals surface area contributed by atoms with Gasteiger partial charge in [0, 0.05) is 25.1 Å². The molecule has 0 spiro atoms. The lowest BCUT2D eigenvalue weighted by atomic mass is 9.90. The maximum Gasteiger partial charge on any atom is 0.0434 e. The van der Waals surface area contributed by atoms with E-state index >= 15 is 0 Å². The first-order chi connectivity index (χ1) is 28.1. The Morgan fingerprint density at radius 3 is 1.37 bits per heavy atom. The van der Waals surface area contributed by atoms with Crippen LogP contribution >= 0.6 is 24.0 Å². The van der Waals surface area contributed by atoms with Crippen molar-refractivity contribution in [1.82, 2.24) is 0 Å². The van der Waals surface area contributed by atoms with Crippen molar-refractivity contribution in [1.29, 1.82) is 0 Å². The van der Waals surface area contributed by atoms with Crippen LogP contribution in [0.5, 0.6) is 0 Å². The first-order valence-electron chi connectivity index (χ1n) is 19.5. The molecule has 0 nitrogen and oxygen atoms in total. The van der Waals surface area contributed by atoms with Crippen LogP contribution in [0.4, 0.5) is 0 Å². The van der Waals surface area contributed by atoms with E-state index in [1.54, 1.807) is 0 Å². The number of fused-ring (bicyclic) bond motifs is 9. The quantitative estimate of drug-likeness (QED) is 0.131. The van der Waals surface area contributed by atoms with Crippen molar-refractivity contribution in [2.24, 2.45) is 0 Å². The van der Waals surface area contributed by atoms with Gasteiger partial charge in [-0.3, -0.25) is 0 Å². The second-order valence-electron chi connectivity index (χ2n) is 14.9. The Labute approximate surface area is 341 Å². The number of rotatable bonds is 5. The number of thiophene rings is 1. The fraction of sp³-hybridized carbons (Fsp3) is 0.0182. The fourth-order valence-corrected chi connectivity index (χ4v) is 10.8. The van der Waals surface area contributed by atoms with Gasteiger partial charge in [-0.25, -0.2) is 0 Å². The van der Waals surface area contributed by atoms with Gasteiger partial charge in [0.15, 0.2) is 0 Å². The summed E-state index contributed by atoms with van der Waals surface area (Å²) in [6.07, 6.45) is 0. The average Bonchev–Trinajstić information content (AvgIpc) is 3.66. The minimum atomic E-state index is 0.999. The van der Waals surface area contributed by atoms with Gasteiger partial charge in [-0.15, -0.1) is 24.0 Å². The largest absolute Gasteiger partial charge is 0.142 e. The van der Waals surface area contributed by atoms with Crippen molar-refractivity contribution in [2.75, 3.05) is 0 Å². The highest BCUT2D eigenvalue weighted by Gasteiger charge is 2.17. The predicted octanol–water partition coefficient (Wildman–Crippen LogP) is 16.4. The van der Waals surface area contributed by atoms with Gasteiger partial charge in [0.05, 0.1) is 0 Å². The Hall–Kier alpha value is -6.45. The Bertz CT molecular complexity index is 3330. The summed E-state index contributed by atoms with van der Waals surface area (Å²) in [6, 6.07) is 71.1. The summed E-state index contributed by atoms with van der Waals surface area (Å²) in [4.78, 5) is 0.999. The molecule has 11 aromatic rings. The second kappa shape index (κ2) is 13.6. The second-order valence-corrected chi connectivity index (χ2v) is 16.4. The molecule has 0 aliphatic heterocycles. The molecule has 11 rings (SSSR count). The third-order valence-electron chi connectivity index (χ3n) is 11.8. The molecular formula is C55H36S2. The first kappa shape index (κ1) is 33.9. The molecule has 0 saturated carbocycles. The molecular weight excluding hydrogens is 725 g/mol. The maximum absolute atomic E-state index is 5.10. The summed E-state index contributed by atoms with van der Waals surface area (Å²) >= 11 is 7.01. The number of hydrogen-bond acceptors (Lipinski definition) is 2. The summed E-state index contributed by atoms with van der Waals surface area (Å²) in [6.45, 7) is 2.24. The lowest BCUT2D eigenvalue weighted by Crippen LogP contribution is -1.91. The van der Waals surface area contributed by atoms with E-state index in [9.17, 15) is 0 Å². The highest BCUT2D eigenvalue weighted by atomic mass is 32.1. The summed E-state index contributed by atoms with van der Waals surface area (Å²) < 4.78 is 2.64. The molecule has 0 saturated heterocycles. The smallest absolute Gasteiger partial charge is 0.0434 e. The van der Waals surface area contributed by atoms with Crippen LogP contribution in [-0.4, -0.2) is 0 Å². The monoisotopic (exact) mass is 760 g/mol. The van der Waals surface area contributed by atoms with Crippen molar-refractivity contribution in [2.45, 2.75) is 11.8 Å². The zero-order chi connectivity index (χ0) is 38.0. The van der Waals surface area contributed by atoms with Crippen molar-refractivity contribution in [3.8, 4) is 55.6 Å². The van der Waals surface area contributed by atoms with Crippen LogP contribution in [0, 0.1) is 6.92 Å². The Morgan fingerprint density at radius 2 is 0.719 bits per heavy atom. The molecule has 10 aromatic carbocycles. The van der Waals surface area contributed by atoms with Gasteiger partial charge >= 0.3 is 0 Å². The van der Waals surface area contributed by atoms with Gasteiger partial charge in [0.25, 0.3) is 0 Å². The summed E-state index contributed by atoms with van der Waals surface area (Å²) in [7, 11) is 0. The SMILES string of the molecule is Cc1c(-c2cccc(-c3cccc4c3sc3c(-c5ccc6c7ccccc7c7ccccc7c6c5)cccc34)c2)cccc1-c1cccc(-c2ccccc2)c1S. The maximum atomic E-state index is 5.10. The van der Waals surface area contributed by atoms with Gasteiger partial charge in [-0.1, -0.05) is 182 Å². The third-order valence-corrected chi connectivity index (χ3v) is 13.6. The number of hydrogen-bond donors (Lipinski definition) is 1. The van der Waals surface area contributed by atoms with E-state index in [1.807, 2.05) is 11.3 Å². The lowest BCUT2D eigenvalue weighted by Gasteiger charge is -2.16. The lowest BCUT2D eigenvalue weighted by molar-refractivity contribution is 1.39. The molecule has 0 radical (unpaired) electrons. The summed E-state index contributed by atoms with van der Waals surface area (Å²) in [5.74, 6) is 0. The van der Waals surface area contributed by atoms with Crippen LogP contribution in [0.25, 0.3) is 108 Å². The predicted molar refractivity (Wildman–Crippen MR) is 251 cm³/mol. The average molecular weight is 761 g/mol. The fourth-order valence-electron chi connectivity index (χ4n) is 9.06. The van der Waals surface area contributed by atoms with Crippen LogP contribution in [-0.2, 0) is 0 Å². The summed E-state index contributed by atoms with van der Waals surface area (Å²) in [5.41, 5.74) is 13.4. The standard InChI is InChI=1S/C55H36S2/c1-34-39(22-10-23-40(34)49-27-11-24-41(53(49)56)35-14-3-2-4-15-35)36-16-9-17-37(32-36)42-25-12-28-50-51-29-13-26-43(55(51)57-54(42)50)38-30-31-48-46-20-6-5-18-44(46)45-19-7-8-21-47(45)52(48)33-38/h2-33,56H,1H3. The van der Waals surface area contributed by atoms with E-state index in [0.29, 0.717) is 0 Å². The molecule has 2 heteroatoms. The van der Waals surface area contributed by atoms with E-state index in [1.165, 1.54) is 103 Å². The molecule has 0 aliphatic rings. The molecule has 1 aromatic heterocycles. The minimum absolute atomic E-state index is 0.999. The van der Waals surface area contributed by atoms with E-state index in [0.717, 1.165) is 16.0 Å². The highest BCUT2D eigenvalue weighted by molar-refractivity contribution is 7.80. The Morgan fingerprint density at radius 1 is 0.298 bits per heavy atom.